The van der Waals surface area contributed by atoms with E-state index in [0.717, 1.165) is 36.4 Å². The molecule has 52 heavy (non-hydrogen) atoms. The molecular weight excluding hydrogens is 635 g/mol. The topological polar surface area (TPSA) is 22.3 Å². The van der Waals surface area contributed by atoms with Crippen molar-refractivity contribution < 1.29 is 4.74 Å². The fraction of sp³-hybridized carbons (Fsp3) is 0.125. The summed E-state index contributed by atoms with van der Waals surface area (Å²) >= 11 is 0. The van der Waals surface area contributed by atoms with Crippen molar-refractivity contribution in [2.24, 2.45) is 0 Å². The first kappa shape index (κ1) is 29.5. The van der Waals surface area contributed by atoms with Crippen molar-refractivity contribution in [3.63, 3.8) is 0 Å². The first-order chi connectivity index (χ1) is 25.8. The quantitative estimate of drug-likeness (QED) is 0.182. The maximum atomic E-state index is 6.68. The van der Waals surface area contributed by atoms with Gasteiger partial charge in [0.2, 0.25) is 0 Å². The molecule has 0 amide bonds. The fourth-order valence-corrected chi connectivity index (χ4v) is 9.11. The van der Waals surface area contributed by atoms with Crippen molar-refractivity contribution in [2.75, 3.05) is 4.90 Å². The zero-order valence-corrected chi connectivity index (χ0v) is 28.8. The molecule has 3 aliphatic carbocycles. The average Bonchev–Trinajstić information content (AvgIpc) is 3.87. The number of para-hydroxylation sites is 3. The lowest BCUT2D eigenvalue weighted by Crippen LogP contribution is -2.33. The largest absolute Gasteiger partial charge is 0.484 e. The molecule has 0 radical (unpaired) electrons. The van der Waals surface area contributed by atoms with E-state index >= 15 is 0 Å². The Hall–Kier alpha value is -6.26. The van der Waals surface area contributed by atoms with E-state index in [1.165, 1.54) is 60.9 Å². The molecule has 4 aliphatic rings. The highest BCUT2D eigenvalue weighted by Gasteiger charge is 2.40. The summed E-state index contributed by atoms with van der Waals surface area (Å²) in [6.45, 7) is 0. The van der Waals surface area contributed by atoms with Crippen molar-refractivity contribution in [1.29, 1.82) is 0 Å². The lowest BCUT2D eigenvalue weighted by Gasteiger charge is -2.34. The van der Waals surface area contributed by atoms with E-state index in [0.29, 0.717) is 6.04 Å². The van der Waals surface area contributed by atoms with E-state index in [1.54, 1.807) is 0 Å². The molecule has 3 unspecified atom stereocenters. The maximum absolute atomic E-state index is 6.68. The molecule has 0 saturated carbocycles. The molecule has 0 spiro atoms. The van der Waals surface area contributed by atoms with Crippen LogP contribution < -0.4 is 9.64 Å². The number of ether oxygens (including phenoxy) is 1. The van der Waals surface area contributed by atoms with Gasteiger partial charge < -0.3 is 18.8 Å². The number of allylic oxidation sites excluding steroid dienone is 5. The van der Waals surface area contributed by atoms with Crippen LogP contribution in [0.25, 0.3) is 50.2 Å². The van der Waals surface area contributed by atoms with Gasteiger partial charge in [-0.25, -0.2) is 0 Å². The number of benzene rings is 5. The Morgan fingerprint density at radius 3 is 2.21 bits per heavy atom. The summed E-state index contributed by atoms with van der Waals surface area (Å²) in [4.78, 5) is 2.49. The highest BCUT2D eigenvalue weighted by atomic mass is 16.5. The minimum atomic E-state index is -0.0379. The van der Waals surface area contributed by atoms with Crippen LogP contribution in [0.15, 0.2) is 170 Å². The van der Waals surface area contributed by atoms with Gasteiger partial charge in [0.1, 0.15) is 11.9 Å². The second-order valence-electron chi connectivity index (χ2n) is 14.3. The van der Waals surface area contributed by atoms with Crippen molar-refractivity contribution in [3.8, 4) is 17.1 Å². The molecule has 0 fully saturated rings. The lowest BCUT2D eigenvalue weighted by atomic mass is 9.86. The number of aromatic nitrogens is 2. The third kappa shape index (κ3) is 4.40. The Morgan fingerprint density at radius 1 is 0.615 bits per heavy atom. The summed E-state index contributed by atoms with van der Waals surface area (Å²) in [6.07, 6.45) is 23.7. The van der Waals surface area contributed by atoms with E-state index in [2.05, 4.69) is 184 Å². The highest BCUT2D eigenvalue weighted by Crippen LogP contribution is 2.53. The predicted molar refractivity (Wildman–Crippen MR) is 215 cm³/mol. The Bertz CT molecular complexity index is 2710. The standard InChI is InChI=1S/C48H37N3O/c1-3-13-32(14-4-1)49(33-15-5-2-6-16-33)34-23-25-35(26-24-34)50-42-20-10-7-17-37(42)41-31-36(27-29-44(41)50)51-43-21-11-8-19-40(43)47-45(51)30-28-39-38-18-9-12-22-46(38)52-48(39)47/h1,3-5,7-13,15-32,39,48H,2,6,14H2. The lowest BCUT2D eigenvalue weighted by molar-refractivity contribution is 0.224. The smallest absolute Gasteiger partial charge is 0.137 e. The molecule has 11 rings (SSSR count). The van der Waals surface area contributed by atoms with E-state index in [4.69, 9.17) is 4.74 Å². The average molecular weight is 672 g/mol. The van der Waals surface area contributed by atoms with Gasteiger partial charge in [-0.1, -0.05) is 97.1 Å². The number of hydrogen-bond donors (Lipinski definition) is 0. The van der Waals surface area contributed by atoms with E-state index < -0.39 is 0 Å². The summed E-state index contributed by atoms with van der Waals surface area (Å²) in [5, 5.41) is 3.74. The Labute approximate surface area is 303 Å². The Morgan fingerprint density at radius 2 is 1.38 bits per heavy atom. The molecule has 1 aliphatic heterocycles. The van der Waals surface area contributed by atoms with E-state index in [1.807, 2.05) is 0 Å². The van der Waals surface area contributed by atoms with Crippen LogP contribution in [0.2, 0.25) is 0 Å². The van der Waals surface area contributed by atoms with E-state index in [-0.39, 0.29) is 12.0 Å². The first-order valence-corrected chi connectivity index (χ1v) is 18.5. The molecule has 3 atom stereocenters. The summed E-state index contributed by atoms with van der Waals surface area (Å²) in [6, 6.07) is 42.5. The van der Waals surface area contributed by atoms with Crippen molar-refractivity contribution in [3.05, 3.63) is 186 Å². The number of rotatable bonds is 5. The van der Waals surface area contributed by atoms with Crippen LogP contribution in [-0.4, -0.2) is 15.2 Å². The van der Waals surface area contributed by atoms with Gasteiger partial charge in [-0.15, -0.1) is 0 Å². The molecular formula is C48H37N3O. The van der Waals surface area contributed by atoms with Crippen molar-refractivity contribution >= 4 is 44.5 Å². The molecule has 3 heterocycles. The Kier molecular flexibility index (Phi) is 6.60. The van der Waals surface area contributed by atoms with Crippen LogP contribution in [0.5, 0.6) is 5.75 Å². The van der Waals surface area contributed by atoms with Gasteiger partial charge in [-0.2, -0.15) is 0 Å². The second kappa shape index (κ2) is 11.6. The summed E-state index contributed by atoms with van der Waals surface area (Å²) in [5.74, 6) is 1.21. The van der Waals surface area contributed by atoms with Crippen LogP contribution in [0, 0.1) is 0 Å². The number of nitrogens with zero attached hydrogens (tertiary/aromatic N) is 3. The molecule has 4 heteroatoms. The van der Waals surface area contributed by atoms with Gasteiger partial charge >= 0.3 is 0 Å². The third-order valence-corrected chi connectivity index (χ3v) is 11.4. The minimum absolute atomic E-state index is 0.0379. The zero-order chi connectivity index (χ0) is 34.2. The highest BCUT2D eigenvalue weighted by molar-refractivity contribution is 6.10. The van der Waals surface area contributed by atoms with Crippen LogP contribution in [0.4, 0.5) is 5.69 Å². The van der Waals surface area contributed by atoms with Crippen LogP contribution in [-0.2, 0) is 0 Å². The maximum Gasteiger partial charge on any atom is 0.137 e. The number of fused-ring (bicyclic) bond motifs is 10. The molecule has 0 saturated heterocycles. The van der Waals surface area contributed by atoms with Gasteiger partial charge in [0, 0.05) is 56.0 Å². The van der Waals surface area contributed by atoms with Crippen LogP contribution in [0.1, 0.15) is 48.1 Å². The van der Waals surface area contributed by atoms with Gasteiger partial charge in [0.25, 0.3) is 0 Å². The van der Waals surface area contributed by atoms with Crippen molar-refractivity contribution in [1.82, 2.24) is 9.13 Å². The van der Waals surface area contributed by atoms with Gasteiger partial charge in [-0.3, -0.25) is 0 Å². The molecule has 250 valence electrons. The fourth-order valence-electron chi connectivity index (χ4n) is 9.11. The number of anilines is 1. The zero-order valence-electron chi connectivity index (χ0n) is 28.8. The molecule has 5 aromatic carbocycles. The van der Waals surface area contributed by atoms with Gasteiger partial charge in [0.15, 0.2) is 0 Å². The van der Waals surface area contributed by atoms with Crippen LogP contribution >= 0.6 is 0 Å². The van der Waals surface area contributed by atoms with Crippen molar-refractivity contribution in [2.45, 2.75) is 37.3 Å². The molecule has 0 bridgehead atoms. The number of hydrogen-bond acceptors (Lipinski definition) is 2. The van der Waals surface area contributed by atoms with E-state index in [9.17, 15) is 0 Å². The second-order valence-corrected chi connectivity index (χ2v) is 14.3. The third-order valence-electron chi connectivity index (χ3n) is 11.4. The molecule has 7 aromatic rings. The monoisotopic (exact) mass is 671 g/mol. The van der Waals surface area contributed by atoms with Crippen LogP contribution in [0.3, 0.4) is 0 Å². The van der Waals surface area contributed by atoms with Gasteiger partial charge in [-0.05, 0) is 92.1 Å². The summed E-state index contributed by atoms with van der Waals surface area (Å²) in [7, 11) is 0. The minimum Gasteiger partial charge on any atom is -0.484 e. The molecule has 4 nitrogen and oxygen atoms in total. The SMILES string of the molecule is C1=CCC(N(C2=CCCC=C2)c2ccc(-n3c4ccccc4c4cc(-n5c6c(c7ccccc75)C5Oc7ccccc7C5C=C6)ccc43)cc2)C=C1. The molecule has 2 aromatic heterocycles. The predicted octanol–water partition coefficient (Wildman–Crippen LogP) is 11.9. The Balaban J connectivity index is 1.03. The summed E-state index contributed by atoms with van der Waals surface area (Å²) < 4.78 is 11.5. The normalized spacial score (nSPS) is 19.8. The first-order valence-electron chi connectivity index (χ1n) is 18.5. The van der Waals surface area contributed by atoms with Gasteiger partial charge in [0.05, 0.1) is 28.3 Å². The molecule has 0 N–H and O–H groups in total. The summed E-state index contributed by atoms with van der Waals surface area (Å²) in [5.41, 5.74) is 12.1.